The summed E-state index contributed by atoms with van der Waals surface area (Å²) in [5, 5.41) is 13.3. The Hall–Kier alpha value is -3.28. The van der Waals surface area contributed by atoms with Gasteiger partial charge in [0.2, 0.25) is 5.95 Å². The van der Waals surface area contributed by atoms with Crippen LogP contribution in [0.2, 0.25) is 0 Å². The van der Waals surface area contributed by atoms with Crippen LogP contribution >= 0.6 is 0 Å². The molecule has 0 aromatic carbocycles. The molecule has 2 aliphatic carbocycles. The quantitative estimate of drug-likeness (QED) is 0.470. The standard InChI is InChI=1S/C23H28F2N8O2/c1-23(3-4-23)29-22(34)35-18-7-13(6-16(18)25)17-8-19(31-30-17)28-21-26-5-2-20-27-15(12-33(20)21)11-32-9-14(24)10-32/h2,5,8,12-14,16,18H,3-4,6-7,9-11H2,1H3,(H,29,34)(H2,26,28,30,31)/t13-,16+,18-/m0/s1. The van der Waals surface area contributed by atoms with E-state index in [4.69, 9.17) is 4.74 Å². The van der Waals surface area contributed by atoms with Crippen LogP contribution < -0.4 is 10.6 Å². The second-order valence-corrected chi connectivity index (χ2v) is 10.2. The summed E-state index contributed by atoms with van der Waals surface area (Å²) < 4.78 is 34.9. The van der Waals surface area contributed by atoms with Crippen LogP contribution in [0, 0.1) is 0 Å². The fourth-order valence-corrected chi connectivity index (χ4v) is 4.78. The van der Waals surface area contributed by atoms with E-state index in [-0.39, 0.29) is 17.9 Å². The van der Waals surface area contributed by atoms with Gasteiger partial charge < -0.3 is 15.4 Å². The first-order valence-corrected chi connectivity index (χ1v) is 12.0. The zero-order valence-corrected chi connectivity index (χ0v) is 19.4. The lowest BCUT2D eigenvalue weighted by Crippen LogP contribution is -2.47. The Balaban J connectivity index is 1.10. The highest BCUT2D eigenvalue weighted by molar-refractivity contribution is 5.69. The molecular weight excluding hydrogens is 458 g/mol. The van der Waals surface area contributed by atoms with Gasteiger partial charge in [0.25, 0.3) is 0 Å². The van der Waals surface area contributed by atoms with Gasteiger partial charge in [0, 0.05) is 55.2 Å². The molecule has 0 bridgehead atoms. The van der Waals surface area contributed by atoms with Gasteiger partial charge in [-0.05, 0) is 38.7 Å². The largest absolute Gasteiger partial charge is 0.443 e. The van der Waals surface area contributed by atoms with Crippen molar-refractivity contribution in [2.24, 2.45) is 0 Å². The number of carbonyl (C=O) groups excluding carboxylic acids is 1. The summed E-state index contributed by atoms with van der Waals surface area (Å²) in [6, 6.07) is 3.63. The third kappa shape index (κ3) is 4.66. The van der Waals surface area contributed by atoms with Crippen LogP contribution in [-0.2, 0) is 11.3 Å². The molecule has 0 spiro atoms. The first-order valence-electron chi connectivity index (χ1n) is 12.0. The molecule has 0 unspecified atom stereocenters. The molecule has 3 atom stereocenters. The van der Waals surface area contributed by atoms with Crippen LogP contribution in [0.4, 0.5) is 25.3 Å². The average molecular weight is 487 g/mol. The maximum absolute atomic E-state index is 14.6. The number of imidazole rings is 1. The number of carbonyl (C=O) groups is 1. The number of aromatic amines is 1. The van der Waals surface area contributed by atoms with Crippen molar-refractivity contribution in [1.29, 1.82) is 0 Å². The van der Waals surface area contributed by atoms with Gasteiger partial charge in [-0.3, -0.25) is 14.4 Å². The fourth-order valence-electron chi connectivity index (χ4n) is 4.78. The highest BCUT2D eigenvalue weighted by Gasteiger charge is 2.42. The number of amides is 1. The SMILES string of the molecule is CC1(NC(=O)O[C@H]2C[C@@H](c3cc(Nc4nccc5nc(CN6CC(F)C6)cn45)n[nH]3)C[C@H]2F)CC1. The molecule has 0 radical (unpaired) electrons. The highest BCUT2D eigenvalue weighted by atomic mass is 19.1. The average Bonchev–Trinajstić information content (AvgIpc) is 3.14. The number of halogens is 2. The number of rotatable bonds is 7. The van der Waals surface area contributed by atoms with Crippen molar-refractivity contribution < 1.29 is 18.3 Å². The summed E-state index contributed by atoms with van der Waals surface area (Å²) >= 11 is 0. The number of hydrogen-bond acceptors (Lipinski definition) is 7. The zero-order chi connectivity index (χ0) is 24.2. The van der Waals surface area contributed by atoms with Crippen LogP contribution in [0.25, 0.3) is 5.65 Å². The Labute approximate surface area is 200 Å². The summed E-state index contributed by atoms with van der Waals surface area (Å²) in [6.45, 7) is 3.40. The van der Waals surface area contributed by atoms with Crippen molar-refractivity contribution in [1.82, 2.24) is 34.8 Å². The van der Waals surface area contributed by atoms with Crippen LogP contribution in [-0.4, -0.2) is 72.6 Å². The molecule has 6 rings (SSSR count). The normalized spacial score (nSPS) is 26.0. The topological polar surface area (TPSA) is 112 Å². The molecule has 3 fully saturated rings. The lowest BCUT2D eigenvalue weighted by molar-refractivity contribution is 0.0580. The minimum atomic E-state index is -1.23. The Bertz CT molecular complexity index is 1240. The summed E-state index contributed by atoms with van der Waals surface area (Å²) in [5.41, 5.74) is 2.12. The van der Waals surface area contributed by atoms with Crippen LogP contribution in [0.5, 0.6) is 0 Å². The van der Waals surface area contributed by atoms with Gasteiger partial charge in [-0.15, -0.1) is 0 Å². The number of H-pyrrole nitrogens is 1. The molecule has 3 aliphatic rings. The van der Waals surface area contributed by atoms with Crippen molar-refractivity contribution >= 4 is 23.5 Å². The molecule has 3 N–H and O–H groups in total. The van der Waals surface area contributed by atoms with E-state index in [9.17, 15) is 13.6 Å². The minimum Gasteiger partial charge on any atom is -0.443 e. The van der Waals surface area contributed by atoms with Gasteiger partial charge in [0.15, 0.2) is 5.82 Å². The van der Waals surface area contributed by atoms with Crippen molar-refractivity contribution in [3.63, 3.8) is 0 Å². The maximum atomic E-state index is 14.6. The second kappa shape index (κ2) is 8.43. The van der Waals surface area contributed by atoms with Gasteiger partial charge in [-0.1, -0.05) is 0 Å². The third-order valence-corrected chi connectivity index (χ3v) is 7.10. The van der Waals surface area contributed by atoms with Gasteiger partial charge in [0.05, 0.1) is 5.69 Å². The smallest absolute Gasteiger partial charge is 0.407 e. The van der Waals surface area contributed by atoms with Crippen molar-refractivity contribution in [2.45, 2.75) is 69.1 Å². The number of alkyl halides is 2. The van der Waals surface area contributed by atoms with Crippen molar-refractivity contribution in [3.05, 3.63) is 35.9 Å². The highest BCUT2D eigenvalue weighted by Crippen LogP contribution is 2.39. The van der Waals surface area contributed by atoms with Crippen molar-refractivity contribution in [3.8, 4) is 0 Å². The van der Waals surface area contributed by atoms with Crippen LogP contribution in [0.3, 0.4) is 0 Å². The number of nitrogens with one attached hydrogen (secondary N) is 3. The number of alkyl carbamates (subject to hydrolysis) is 1. The minimum absolute atomic E-state index is 0.137. The number of aromatic nitrogens is 5. The van der Waals surface area contributed by atoms with E-state index in [2.05, 4.69) is 30.8 Å². The lowest BCUT2D eigenvalue weighted by Gasteiger charge is -2.33. The number of likely N-dealkylation sites (tertiary alicyclic amines) is 1. The number of hydrogen-bond donors (Lipinski definition) is 3. The first kappa shape index (κ1) is 22.2. The Morgan fingerprint density at radius 1 is 1.31 bits per heavy atom. The van der Waals surface area contributed by atoms with E-state index in [0.717, 1.165) is 29.9 Å². The molecule has 10 nitrogen and oxygen atoms in total. The number of anilines is 2. The molecule has 186 valence electrons. The molecule has 12 heteroatoms. The zero-order valence-electron chi connectivity index (χ0n) is 19.4. The summed E-state index contributed by atoms with van der Waals surface area (Å²) in [7, 11) is 0. The van der Waals surface area contributed by atoms with E-state index >= 15 is 0 Å². The number of fused-ring (bicyclic) bond motifs is 1. The molecular formula is C23H28F2N8O2. The van der Waals surface area contributed by atoms with Gasteiger partial charge in [-0.25, -0.2) is 23.5 Å². The van der Waals surface area contributed by atoms with Gasteiger partial charge >= 0.3 is 6.09 Å². The Morgan fingerprint density at radius 2 is 2.14 bits per heavy atom. The van der Waals surface area contributed by atoms with Crippen LogP contribution in [0.15, 0.2) is 24.5 Å². The molecule has 3 aromatic rings. The molecule has 3 aromatic heterocycles. The maximum Gasteiger partial charge on any atom is 0.407 e. The molecule has 1 amide bonds. The van der Waals surface area contributed by atoms with Crippen LogP contribution in [0.1, 0.15) is 49.9 Å². The van der Waals surface area contributed by atoms with E-state index in [1.807, 2.05) is 28.5 Å². The summed E-state index contributed by atoms with van der Waals surface area (Å²) in [4.78, 5) is 23.1. The monoisotopic (exact) mass is 486 g/mol. The van der Waals surface area contributed by atoms with E-state index in [0.29, 0.717) is 37.8 Å². The second-order valence-electron chi connectivity index (χ2n) is 10.2. The Morgan fingerprint density at radius 3 is 2.91 bits per heavy atom. The lowest BCUT2D eigenvalue weighted by atomic mass is 10.0. The molecule has 35 heavy (non-hydrogen) atoms. The first-order chi connectivity index (χ1) is 16.8. The fraction of sp³-hybridized carbons (Fsp3) is 0.565. The number of nitrogens with zero attached hydrogens (tertiary/aromatic N) is 5. The molecule has 1 saturated heterocycles. The third-order valence-electron chi connectivity index (χ3n) is 7.10. The van der Waals surface area contributed by atoms with Gasteiger partial charge in [-0.2, -0.15) is 5.10 Å². The molecule has 1 aliphatic heterocycles. The van der Waals surface area contributed by atoms with Gasteiger partial charge in [0.1, 0.15) is 24.1 Å². The van der Waals surface area contributed by atoms with E-state index in [1.54, 1.807) is 12.3 Å². The van der Waals surface area contributed by atoms with E-state index < -0.39 is 24.5 Å². The number of ether oxygens (including phenoxy) is 1. The molecule has 4 heterocycles. The predicted molar refractivity (Wildman–Crippen MR) is 123 cm³/mol. The predicted octanol–water partition coefficient (Wildman–Crippen LogP) is 3.21. The Kier molecular flexibility index (Phi) is 5.35. The van der Waals surface area contributed by atoms with Crippen molar-refractivity contribution in [2.75, 3.05) is 18.4 Å². The summed E-state index contributed by atoms with van der Waals surface area (Å²) in [6.07, 6.45) is 2.70. The summed E-state index contributed by atoms with van der Waals surface area (Å²) in [5.74, 6) is 0.937. The molecule has 2 saturated carbocycles. The van der Waals surface area contributed by atoms with E-state index in [1.165, 1.54) is 0 Å².